The second-order valence-corrected chi connectivity index (χ2v) is 4.15. The van der Waals surface area contributed by atoms with Gasteiger partial charge in [0.15, 0.2) is 0 Å². The Morgan fingerprint density at radius 2 is 2.43 bits per heavy atom. The van der Waals surface area contributed by atoms with Crippen LogP contribution in [0.4, 0.5) is 0 Å². The van der Waals surface area contributed by atoms with Crippen molar-refractivity contribution in [2.75, 3.05) is 13.7 Å². The molecule has 0 saturated carbocycles. The maximum absolute atomic E-state index is 11.2. The molecule has 0 aromatic carbocycles. The Balaban J connectivity index is 2.72. The summed E-state index contributed by atoms with van der Waals surface area (Å²) in [5.74, 6) is 0.149. The van der Waals surface area contributed by atoms with E-state index in [2.05, 4.69) is 11.7 Å². The van der Waals surface area contributed by atoms with Crippen LogP contribution in [0.2, 0.25) is 0 Å². The Morgan fingerprint density at radius 1 is 1.71 bits per heavy atom. The molecule has 1 heterocycles. The monoisotopic (exact) mass is 213 g/mol. The van der Waals surface area contributed by atoms with Crippen molar-refractivity contribution < 1.29 is 9.53 Å². The molecular weight excluding hydrogens is 198 g/mol. The highest BCUT2D eigenvalue weighted by atomic mass is 32.1. The number of esters is 1. The number of methoxy groups -OCH3 is 1. The third kappa shape index (κ3) is 2.56. The molecule has 78 valence electrons. The van der Waals surface area contributed by atoms with Crippen LogP contribution >= 0.6 is 11.3 Å². The smallest absolute Gasteiger partial charge is 0.338 e. The zero-order valence-corrected chi connectivity index (χ0v) is 9.26. The minimum Gasteiger partial charge on any atom is -0.465 e. The first-order chi connectivity index (χ1) is 6.69. The standard InChI is InChI=1S/C10H15NO2S/c1-7(3-4-11)9-5-8(6-14-9)10(12)13-2/h5-7H,3-4,11H2,1-2H3. The van der Waals surface area contributed by atoms with Gasteiger partial charge in [0.25, 0.3) is 0 Å². The number of thiophene rings is 1. The van der Waals surface area contributed by atoms with Crippen LogP contribution < -0.4 is 5.73 Å². The summed E-state index contributed by atoms with van der Waals surface area (Å²) in [7, 11) is 1.39. The Hall–Kier alpha value is -0.870. The van der Waals surface area contributed by atoms with Crippen LogP contribution in [0.1, 0.15) is 34.5 Å². The van der Waals surface area contributed by atoms with Gasteiger partial charge in [-0.3, -0.25) is 0 Å². The Labute approximate surface area is 87.9 Å². The number of carbonyl (C=O) groups is 1. The van der Waals surface area contributed by atoms with Crippen LogP contribution in [0.15, 0.2) is 11.4 Å². The van der Waals surface area contributed by atoms with Gasteiger partial charge < -0.3 is 10.5 Å². The quantitative estimate of drug-likeness (QED) is 0.778. The SMILES string of the molecule is COC(=O)c1csc(C(C)CCN)c1. The van der Waals surface area contributed by atoms with E-state index < -0.39 is 0 Å². The zero-order chi connectivity index (χ0) is 10.6. The van der Waals surface area contributed by atoms with Gasteiger partial charge >= 0.3 is 5.97 Å². The summed E-state index contributed by atoms with van der Waals surface area (Å²) < 4.78 is 4.63. The molecule has 3 nitrogen and oxygen atoms in total. The van der Waals surface area contributed by atoms with Gasteiger partial charge in [-0.15, -0.1) is 11.3 Å². The van der Waals surface area contributed by atoms with Crippen LogP contribution in [-0.4, -0.2) is 19.6 Å². The minimum absolute atomic E-state index is 0.271. The molecule has 1 atom stereocenters. The molecule has 2 N–H and O–H groups in total. The number of ether oxygens (including phenoxy) is 1. The van der Waals surface area contributed by atoms with Crippen molar-refractivity contribution >= 4 is 17.3 Å². The third-order valence-electron chi connectivity index (χ3n) is 2.13. The van der Waals surface area contributed by atoms with Crippen LogP contribution in [0.25, 0.3) is 0 Å². The molecule has 1 unspecified atom stereocenters. The van der Waals surface area contributed by atoms with Gasteiger partial charge in [0.2, 0.25) is 0 Å². The Kier molecular flexibility index (Phi) is 4.10. The molecular formula is C10H15NO2S. The van der Waals surface area contributed by atoms with Crippen molar-refractivity contribution in [1.82, 2.24) is 0 Å². The van der Waals surface area contributed by atoms with E-state index in [0.717, 1.165) is 6.42 Å². The van der Waals surface area contributed by atoms with E-state index in [1.165, 1.54) is 12.0 Å². The van der Waals surface area contributed by atoms with Crippen molar-refractivity contribution in [3.63, 3.8) is 0 Å². The molecule has 0 aliphatic rings. The Bertz CT molecular complexity index is 309. The van der Waals surface area contributed by atoms with Crippen LogP contribution in [0, 0.1) is 0 Å². The molecule has 14 heavy (non-hydrogen) atoms. The van der Waals surface area contributed by atoms with Crippen LogP contribution in [0.3, 0.4) is 0 Å². The van der Waals surface area contributed by atoms with Gasteiger partial charge in [0, 0.05) is 10.3 Å². The van der Waals surface area contributed by atoms with E-state index in [0.29, 0.717) is 18.0 Å². The molecule has 1 rings (SSSR count). The fourth-order valence-electron chi connectivity index (χ4n) is 1.23. The third-order valence-corrected chi connectivity index (χ3v) is 3.29. The van der Waals surface area contributed by atoms with E-state index in [-0.39, 0.29) is 5.97 Å². The topological polar surface area (TPSA) is 52.3 Å². The lowest BCUT2D eigenvalue weighted by Crippen LogP contribution is -2.03. The first kappa shape index (κ1) is 11.2. The van der Waals surface area contributed by atoms with E-state index in [4.69, 9.17) is 5.73 Å². The highest BCUT2D eigenvalue weighted by Crippen LogP contribution is 2.25. The second-order valence-electron chi connectivity index (χ2n) is 3.21. The van der Waals surface area contributed by atoms with Gasteiger partial charge in [-0.05, 0) is 24.9 Å². The zero-order valence-electron chi connectivity index (χ0n) is 8.45. The number of rotatable bonds is 4. The lowest BCUT2D eigenvalue weighted by Gasteiger charge is -2.05. The summed E-state index contributed by atoms with van der Waals surface area (Å²) in [6, 6.07) is 1.89. The minimum atomic E-state index is -0.271. The van der Waals surface area contributed by atoms with Gasteiger partial charge in [-0.25, -0.2) is 4.79 Å². The summed E-state index contributed by atoms with van der Waals surface area (Å²) in [4.78, 5) is 12.4. The molecule has 0 amide bonds. The second kappa shape index (κ2) is 5.12. The van der Waals surface area contributed by atoms with Crippen molar-refractivity contribution in [1.29, 1.82) is 0 Å². The number of carbonyl (C=O) groups excluding carboxylic acids is 1. The molecule has 1 aromatic heterocycles. The highest BCUT2D eigenvalue weighted by Gasteiger charge is 2.12. The number of hydrogen-bond acceptors (Lipinski definition) is 4. The first-order valence-electron chi connectivity index (χ1n) is 4.55. The van der Waals surface area contributed by atoms with Crippen molar-refractivity contribution in [3.05, 3.63) is 21.9 Å². The van der Waals surface area contributed by atoms with Crippen LogP contribution in [0.5, 0.6) is 0 Å². The molecule has 0 radical (unpaired) electrons. The predicted octanol–water partition coefficient (Wildman–Crippen LogP) is 1.99. The fourth-order valence-corrected chi connectivity index (χ4v) is 2.20. The van der Waals surface area contributed by atoms with E-state index in [9.17, 15) is 4.79 Å². The van der Waals surface area contributed by atoms with E-state index in [1.807, 2.05) is 11.4 Å². The Morgan fingerprint density at radius 3 is 3.00 bits per heavy atom. The van der Waals surface area contributed by atoms with Crippen molar-refractivity contribution in [3.8, 4) is 0 Å². The molecule has 0 aliphatic carbocycles. The number of nitrogens with two attached hydrogens (primary N) is 1. The molecule has 0 bridgehead atoms. The predicted molar refractivity (Wildman–Crippen MR) is 57.7 cm³/mol. The summed E-state index contributed by atoms with van der Waals surface area (Å²) in [6.07, 6.45) is 0.946. The average molecular weight is 213 g/mol. The summed E-state index contributed by atoms with van der Waals surface area (Å²) in [6.45, 7) is 2.78. The maximum Gasteiger partial charge on any atom is 0.338 e. The van der Waals surface area contributed by atoms with Gasteiger partial charge in [0.05, 0.1) is 12.7 Å². The molecule has 1 aromatic rings. The maximum atomic E-state index is 11.2. The average Bonchev–Trinajstić information content (AvgIpc) is 2.66. The molecule has 4 heteroatoms. The summed E-state index contributed by atoms with van der Waals surface area (Å²) >= 11 is 1.58. The summed E-state index contributed by atoms with van der Waals surface area (Å²) in [5, 5.41) is 1.83. The molecule has 0 saturated heterocycles. The van der Waals surface area contributed by atoms with Gasteiger partial charge in [0.1, 0.15) is 0 Å². The lowest BCUT2D eigenvalue weighted by atomic mass is 10.1. The van der Waals surface area contributed by atoms with E-state index in [1.54, 1.807) is 11.3 Å². The van der Waals surface area contributed by atoms with Crippen molar-refractivity contribution in [2.45, 2.75) is 19.3 Å². The van der Waals surface area contributed by atoms with Crippen LogP contribution in [-0.2, 0) is 4.74 Å². The lowest BCUT2D eigenvalue weighted by molar-refractivity contribution is 0.0601. The van der Waals surface area contributed by atoms with Gasteiger partial charge in [-0.1, -0.05) is 6.92 Å². The number of hydrogen-bond donors (Lipinski definition) is 1. The first-order valence-corrected chi connectivity index (χ1v) is 5.43. The van der Waals surface area contributed by atoms with E-state index >= 15 is 0 Å². The molecule has 0 fully saturated rings. The van der Waals surface area contributed by atoms with Gasteiger partial charge in [-0.2, -0.15) is 0 Å². The highest BCUT2D eigenvalue weighted by molar-refractivity contribution is 7.10. The normalized spacial score (nSPS) is 12.5. The van der Waals surface area contributed by atoms with Crippen molar-refractivity contribution in [2.24, 2.45) is 5.73 Å². The molecule has 0 spiro atoms. The fraction of sp³-hybridized carbons (Fsp3) is 0.500. The summed E-state index contributed by atoms with van der Waals surface area (Å²) in [5.41, 5.74) is 6.11. The largest absolute Gasteiger partial charge is 0.465 e. The molecule has 0 aliphatic heterocycles.